The Hall–Kier alpha value is -3.08. The molecular weight excluding hydrogens is 316 g/mol. The van der Waals surface area contributed by atoms with Gasteiger partial charge in [-0.05, 0) is 17.7 Å². The first-order chi connectivity index (χ1) is 11.9. The maximum absolute atomic E-state index is 12.5. The summed E-state index contributed by atoms with van der Waals surface area (Å²) in [5.74, 6) is -1.42. The van der Waals surface area contributed by atoms with Gasteiger partial charge in [0.2, 0.25) is 0 Å². The zero-order valence-corrected chi connectivity index (χ0v) is 14.4. The van der Waals surface area contributed by atoms with Crippen molar-refractivity contribution >= 4 is 23.1 Å². The van der Waals surface area contributed by atoms with Crippen molar-refractivity contribution in [2.24, 2.45) is 0 Å². The SMILES string of the molecule is CN(C)c1ccc([C@@H]2C(=C(O)c3ccccc3)C(=O)C(=O)N2C)cc1. The van der Waals surface area contributed by atoms with Crippen LogP contribution in [0.1, 0.15) is 17.2 Å². The van der Waals surface area contributed by atoms with Crippen molar-refractivity contribution in [3.8, 4) is 0 Å². The van der Waals surface area contributed by atoms with Crippen LogP contribution in [0.15, 0.2) is 60.2 Å². The molecule has 1 amide bonds. The molecule has 1 saturated heterocycles. The molecule has 0 radical (unpaired) electrons. The highest BCUT2D eigenvalue weighted by atomic mass is 16.3. The van der Waals surface area contributed by atoms with E-state index in [0.717, 1.165) is 11.3 Å². The molecule has 0 spiro atoms. The number of carbonyl (C=O) groups excluding carboxylic acids is 2. The summed E-state index contributed by atoms with van der Waals surface area (Å²) in [6.07, 6.45) is 0. The monoisotopic (exact) mass is 336 g/mol. The number of likely N-dealkylation sites (tertiary alicyclic amines) is 1. The number of hydrogen-bond acceptors (Lipinski definition) is 4. The number of Topliss-reactive ketones (excluding diaryl/α,β-unsaturated/α-hetero) is 1. The Balaban J connectivity index is 2.12. The van der Waals surface area contributed by atoms with E-state index in [1.807, 2.05) is 49.3 Å². The Kier molecular flexibility index (Phi) is 4.31. The third kappa shape index (κ3) is 2.89. The van der Waals surface area contributed by atoms with E-state index in [9.17, 15) is 14.7 Å². The van der Waals surface area contributed by atoms with E-state index in [2.05, 4.69) is 0 Å². The van der Waals surface area contributed by atoms with Crippen LogP contribution in [0.2, 0.25) is 0 Å². The zero-order valence-electron chi connectivity index (χ0n) is 14.4. The second-order valence-electron chi connectivity index (χ2n) is 6.26. The molecule has 1 aliphatic heterocycles. The minimum atomic E-state index is -0.662. The number of aliphatic hydroxyl groups excluding tert-OH is 1. The highest BCUT2D eigenvalue weighted by Crippen LogP contribution is 2.38. The third-order valence-electron chi connectivity index (χ3n) is 4.45. The number of benzene rings is 2. The molecule has 1 atom stereocenters. The van der Waals surface area contributed by atoms with Crippen LogP contribution in [0, 0.1) is 0 Å². The highest BCUT2D eigenvalue weighted by molar-refractivity contribution is 6.46. The lowest BCUT2D eigenvalue weighted by Gasteiger charge is -2.22. The number of carbonyl (C=O) groups is 2. The second-order valence-corrected chi connectivity index (χ2v) is 6.26. The molecular formula is C20H20N2O3. The van der Waals surface area contributed by atoms with Gasteiger partial charge in [0.05, 0.1) is 11.6 Å². The number of rotatable bonds is 3. The summed E-state index contributed by atoms with van der Waals surface area (Å²) >= 11 is 0. The van der Waals surface area contributed by atoms with Gasteiger partial charge < -0.3 is 14.9 Å². The van der Waals surface area contributed by atoms with E-state index in [1.165, 1.54) is 4.90 Å². The summed E-state index contributed by atoms with van der Waals surface area (Å²) in [4.78, 5) is 28.1. The molecule has 1 N–H and O–H groups in total. The summed E-state index contributed by atoms with van der Waals surface area (Å²) in [7, 11) is 5.46. The summed E-state index contributed by atoms with van der Waals surface area (Å²) in [6.45, 7) is 0. The Morgan fingerprint density at radius 2 is 1.60 bits per heavy atom. The smallest absolute Gasteiger partial charge is 0.295 e. The maximum atomic E-state index is 12.5. The summed E-state index contributed by atoms with van der Waals surface area (Å²) in [5, 5.41) is 10.7. The number of hydrogen-bond donors (Lipinski definition) is 1. The molecule has 25 heavy (non-hydrogen) atoms. The third-order valence-corrected chi connectivity index (χ3v) is 4.45. The van der Waals surface area contributed by atoms with Gasteiger partial charge in [0, 0.05) is 32.4 Å². The lowest BCUT2D eigenvalue weighted by atomic mass is 9.95. The van der Waals surface area contributed by atoms with Gasteiger partial charge in [0.25, 0.3) is 11.7 Å². The topological polar surface area (TPSA) is 60.9 Å². The van der Waals surface area contributed by atoms with E-state index in [1.54, 1.807) is 31.3 Å². The predicted octanol–water partition coefficient (Wildman–Crippen LogP) is 2.80. The van der Waals surface area contributed by atoms with Gasteiger partial charge >= 0.3 is 0 Å². The quantitative estimate of drug-likeness (QED) is 0.532. The average Bonchev–Trinajstić information content (AvgIpc) is 2.86. The number of likely N-dealkylation sites (N-methyl/N-ethyl adjacent to an activating group) is 1. The van der Waals surface area contributed by atoms with Crippen molar-refractivity contribution in [2.45, 2.75) is 6.04 Å². The molecule has 5 nitrogen and oxygen atoms in total. The highest BCUT2D eigenvalue weighted by Gasteiger charge is 2.44. The number of anilines is 1. The molecule has 1 fully saturated rings. The van der Waals surface area contributed by atoms with Crippen molar-refractivity contribution in [3.05, 3.63) is 71.3 Å². The first-order valence-corrected chi connectivity index (χ1v) is 7.99. The molecule has 0 bridgehead atoms. The van der Waals surface area contributed by atoms with Gasteiger partial charge in [-0.15, -0.1) is 0 Å². The van der Waals surface area contributed by atoms with Gasteiger partial charge in [0.15, 0.2) is 0 Å². The second kappa shape index (κ2) is 6.43. The molecule has 0 aromatic heterocycles. The Morgan fingerprint density at radius 1 is 1.00 bits per heavy atom. The zero-order chi connectivity index (χ0) is 18.1. The number of amides is 1. The molecule has 1 aliphatic rings. The molecule has 5 heteroatoms. The van der Waals surface area contributed by atoms with Crippen LogP contribution in [0.25, 0.3) is 5.76 Å². The Labute approximate surface area is 146 Å². The van der Waals surface area contributed by atoms with Crippen LogP contribution >= 0.6 is 0 Å². The largest absolute Gasteiger partial charge is 0.507 e. The van der Waals surface area contributed by atoms with Crippen LogP contribution in [0.4, 0.5) is 5.69 Å². The summed E-state index contributed by atoms with van der Waals surface area (Å²) in [5.41, 5.74) is 2.44. The first-order valence-electron chi connectivity index (χ1n) is 7.99. The van der Waals surface area contributed by atoms with Gasteiger partial charge in [-0.1, -0.05) is 42.5 Å². The van der Waals surface area contributed by atoms with Gasteiger partial charge in [0.1, 0.15) is 5.76 Å². The van der Waals surface area contributed by atoms with Crippen LogP contribution in [0.3, 0.4) is 0 Å². The van der Waals surface area contributed by atoms with Crippen molar-refractivity contribution < 1.29 is 14.7 Å². The number of aliphatic hydroxyl groups is 1. The fourth-order valence-electron chi connectivity index (χ4n) is 3.04. The van der Waals surface area contributed by atoms with Gasteiger partial charge in [-0.25, -0.2) is 0 Å². The average molecular weight is 336 g/mol. The van der Waals surface area contributed by atoms with Crippen molar-refractivity contribution in [1.29, 1.82) is 0 Å². The van der Waals surface area contributed by atoms with E-state index in [-0.39, 0.29) is 11.3 Å². The van der Waals surface area contributed by atoms with Gasteiger partial charge in [-0.2, -0.15) is 0 Å². The predicted molar refractivity (Wildman–Crippen MR) is 97.3 cm³/mol. The number of nitrogens with zero attached hydrogens (tertiary/aromatic N) is 2. The molecule has 2 aromatic carbocycles. The summed E-state index contributed by atoms with van der Waals surface area (Å²) in [6, 6.07) is 15.8. The van der Waals surface area contributed by atoms with E-state index >= 15 is 0 Å². The van der Waals surface area contributed by atoms with Gasteiger partial charge in [-0.3, -0.25) is 9.59 Å². The molecule has 0 saturated carbocycles. The fourth-order valence-corrected chi connectivity index (χ4v) is 3.04. The molecule has 2 aromatic rings. The van der Waals surface area contributed by atoms with Crippen molar-refractivity contribution in [1.82, 2.24) is 4.90 Å². The van der Waals surface area contributed by atoms with Crippen LogP contribution in [-0.4, -0.2) is 42.8 Å². The summed E-state index contributed by atoms with van der Waals surface area (Å²) < 4.78 is 0. The van der Waals surface area contributed by atoms with Crippen molar-refractivity contribution in [3.63, 3.8) is 0 Å². The van der Waals surface area contributed by atoms with E-state index < -0.39 is 17.7 Å². The van der Waals surface area contributed by atoms with Crippen LogP contribution in [-0.2, 0) is 9.59 Å². The minimum Gasteiger partial charge on any atom is -0.507 e. The van der Waals surface area contributed by atoms with Crippen molar-refractivity contribution in [2.75, 3.05) is 26.0 Å². The molecule has 0 aliphatic carbocycles. The standard InChI is InChI=1S/C20H20N2O3/c1-21(2)15-11-9-13(10-12-15)17-16(19(24)20(25)22(17)3)18(23)14-7-5-4-6-8-14/h4-12,17,23H,1-3H3/t17-/m1/s1. The minimum absolute atomic E-state index is 0.122. The molecule has 0 unspecified atom stereocenters. The number of ketones is 1. The normalized spacial score (nSPS) is 19.3. The van der Waals surface area contributed by atoms with Crippen LogP contribution < -0.4 is 4.90 Å². The van der Waals surface area contributed by atoms with Crippen LogP contribution in [0.5, 0.6) is 0 Å². The molecule has 128 valence electrons. The van der Waals surface area contributed by atoms with E-state index in [0.29, 0.717) is 5.56 Å². The lowest BCUT2D eigenvalue weighted by Crippen LogP contribution is -2.24. The van der Waals surface area contributed by atoms with E-state index in [4.69, 9.17) is 0 Å². The fraction of sp³-hybridized carbons (Fsp3) is 0.200. The lowest BCUT2D eigenvalue weighted by molar-refractivity contribution is -0.139. The molecule has 3 rings (SSSR count). The maximum Gasteiger partial charge on any atom is 0.295 e. The Bertz CT molecular complexity index is 839. The molecule has 1 heterocycles. The first kappa shape index (κ1) is 16.8. The Morgan fingerprint density at radius 3 is 2.16 bits per heavy atom.